The first-order valence-electron chi connectivity index (χ1n) is 7.95. The first kappa shape index (κ1) is 15.9. The van der Waals surface area contributed by atoms with Crippen LogP contribution < -0.4 is 5.32 Å². The Hall–Kier alpha value is -1.95. The highest BCUT2D eigenvalue weighted by Crippen LogP contribution is 2.23. The lowest BCUT2D eigenvalue weighted by atomic mass is 9.86. The average molecular weight is 334 g/mol. The Balaban J connectivity index is 1.60. The summed E-state index contributed by atoms with van der Waals surface area (Å²) in [5.41, 5.74) is 0.821. The van der Waals surface area contributed by atoms with E-state index in [0.29, 0.717) is 16.8 Å². The number of carbonyl (C=O) groups is 1. The number of carbonyl (C=O) groups excluding carboxylic acids is 1. The minimum Gasteiger partial charge on any atom is -0.351 e. The first-order chi connectivity index (χ1) is 11.1. The summed E-state index contributed by atoms with van der Waals surface area (Å²) in [6.07, 6.45) is 4.65. The topological polar surface area (TPSA) is 72.7 Å². The van der Waals surface area contributed by atoms with Gasteiger partial charge in [0.15, 0.2) is 0 Å². The molecule has 2 atom stereocenters. The molecule has 0 bridgehead atoms. The van der Waals surface area contributed by atoms with Crippen LogP contribution in [0, 0.1) is 5.92 Å². The van der Waals surface area contributed by atoms with E-state index < -0.39 is 0 Å². The van der Waals surface area contributed by atoms with Gasteiger partial charge in [-0.05, 0) is 48.2 Å². The van der Waals surface area contributed by atoms with Crippen molar-refractivity contribution in [1.29, 1.82) is 0 Å². The highest BCUT2D eigenvalue weighted by Gasteiger charge is 2.23. The summed E-state index contributed by atoms with van der Waals surface area (Å²) >= 11 is 5.86. The van der Waals surface area contributed by atoms with E-state index in [1.807, 2.05) is 12.1 Å². The van der Waals surface area contributed by atoms with E-state index in [4.69, 9.17) is 11.6 Å². The van der Waals surface area contributed by atoms with E-state index in [0.717, 1.165) is 12.0 Å². The van der Waals surface area contributed by atoms with Crippen molar-refractivity contribution >= 4 is 17.5 Å². The van der Waals surface area contributed by atoms with Gasteiger partial charge in [0.25, 0.3) is 0 Å². The van der Waals surface area contributed by atoms with Crippen LogP contribution in [0.4, 0.5) is 0 Å². The predicted octanol–water partition coefficient (Wildman–Crippen LogP) is 2.69. The molecule has 0 spiro atoms. The fourth-order valence-corrected chi connectivity index (χ4v) is 3.06. The molecule has 1 aliphatic rings. The summed E-state index contributed by atoms with van der Waals surface area (Å²) in [4.78, 5) is 13.5. The van der Waals surface area contributed by atoms with Crippen molar-refractivity contribution < 1.29 is 4.79 Å². The van der Waals surface area contributed by atoms with Gasteiger partial charge in [0.2, 0.25) is 11.7 Å². The monoisotopic (exact) mass is 333 g/mol. The molecule has 0 aliphatic heterocycles. The fraction of sp³-hybridized carbons (Fsp3) is 0.500. The third-order valence-electron chi connectivity index (χ3n) is 4.30. The van der Waals surface area contributed by atoms with Crippen LogP contribution in [0.1, 0.15) is 32.6 Å². The zero-order valence-corrected chi connectivity index (χ0v) is 13.8. The van der Waals surface area contributed by atoms with Crippen molar-refractivity contribution in [3.8, 4) is 11.4 Å². The molecule has 2 aromatic rings. The van der Waals surface area contributed by atoms with Crippen LogP contribution in [0.3, 0.4) is 0 Å². The van der Waals surface area contributed by atoms with E-state index in [2.05, 4.69) is 27.7 Å². The number of rotatable bonds is 4. The summed E-state index contributed by atoms with van der Waals surface area (Å²) in [7, 11) is 0. The SMILES string of the molecule is C[C@@H]1CCCC[C@@H]1NC(=O)Cn1nnc(-c2ccc(Cl)cc2)n1. The van der Waals surface area contributed by atoms with Gasteiger partial charge >= 0.3 is 0 Å². The molecular formula is C16H20ClN5O. The lowest BCUT2D eigenvalue weighted by Gasteiger charge is -2.29. The number of halogens is 1. The zero-order valence-electron chi connectivity index (χ0n) is 13.1. The Morgan fingerprint density at radius 1 is 1.30 bits per heavy atom. The molecule has 7 heteroatoms. The number of hydrogen-bond acceptors (Lipinski definition) is 4. The number of nitrogens with one attached hydrogen (secondary N) is 1. The maximum Gasteiger partial charge on any atom is 0.243 e. The number of hydrogen-bond donors (Lipinski definition) is 1. The van der Waals surface area contributed by atoms with E-state index in [-0.39, 0.29) is 18.5 Å². The maximum atomic E-state index is 12.2. The van der Waals surface area contributed by atoms with Crippen LogP contribution in [0.2, 0.25) is 5.02 Å². The molecular weight excluding hydrogens is 314 g/mol. The van der Waals surface area contributed by atoms with E-state index >= 15 is 0 Å². The zero-order chi connectivity index (χ0) is 16.2. The summed E-state index contributed by atoms with van der Waals surface area (Å²) in [6.45, 7) is 2.28. The van der Waals surface area contributed by atoms with Crippen molar-refractivity contribution in [2.24, 2.45) is 5.92 Å². The third-order valence-corrected chi connectivity index (χ3v) is 4.55. The molecule has 1 N–H and O–H groups in total. The predicted molar refractivity (Wildman–Crippen MR) is 87.8 cm³/mol. The van der Waals surface area contributed by atoms with Gasteiger partial charge in [-0.2, -0.15) is 4.80 Å². The Kier molecular flexibility index (Phi) is 4.91. The lowest BCUT2D eigenvalue weighted by Crippen LogP contribution is -2.42. The van der Waals surface area contributed by atoms with Crippen LogP contribution in [-0.4, -0.2) is 32.2 Å². The molecule has 23 heavy (non-hydrogen) atoms. The van der Waals surface area contributed by atoms with E-state index in [1.165, 1.54) is 24.1 Å². The Labute approximate surface area is 140 Å². The smallest absolute Gasteiger partial charge is 0.243 e. The lowest BCUT2D eigenvalue weighted by molar-refractivity contribution is -0.123. The maximum absolute atomic E-state index is 12.2. The van der Waals surface area contributed by atoms with Crippen molar-refractivity contribution in [3.63, 3.8) is 0 Å². The van der Waals surface area contributed by atoms with E-state index in [1.54, 1.807) is 12.1 Å². The Morgan fingerprint density at radius 3 is 2.78 bits per heavy atom. The van der Waals surface area contributed by atoms with Gasteiger partial charge < -0.3 is 5.32 Å². The molecule has 1 aromatic heterocycles. The molecule has 0 saturated heterocycles. The van der Waals surface area contributed by atoms with Gasteiger partial charge in [-0.3, -0.25) is 4.79 Å². The summed E-state index contributed by atoms with van der Waals surface area (Å²) in [6, 6.07) is 7.46. The molecule has 1 aromatic carbocycles. The second-order valence-electron chi connectivity index (χ2n) is 6.09. The molecule has 0 unspecified atom stereocenters. The van der Waals surface area contributed by atoms with Crippen molar-refractivity contribution in [3.05, 3.63) is 29.3 Å². The number of amides is 1. The van der Waals surface area contributed by atoms with Crippen LogP contribution in [-0.2, 0) is 11.3 Å². The molecule has 3 rings (SSSR count). The largest absolute Gasteiger partial charge is 0.351 e. The van der Waals surface area contributed by atoms with Gasteiger partial charge in [-0.25, -0.2) is 0 Å². The van der Waals surface area contributed by atoms with Crippen molar-refractivity contribution in [2.75, 3.05) is 0 Å². The van der Waals surface area contributed by atoms with Crippen LogP contribution in [0.25, 0.3) is 11.4 Å². The minimum atomic E-state index is -0.0659. The van der Waals surface area contributed by atoms with Crippen LogP contribution in [0.15, 0.2) is 24.3 Å². The standard InChI is InChI=1S/C16H20ClN5O/c1-11-4-2-3-5-14(11)18-15(23)10-22-20-16(19-21-22)12-6-8-13(17)9-7-12/h6-9,11,14H,2-5,10H2,1H3,(H,18,23)/t11-,14+/m1/s1. The highest BCUT2D eigenvalue weighted by atomic mass is 35.5. The number of benzene rings is 1. The summed E-state index contributed by atoms with van der Waals surface area (Å²) in [5, 5.41) is 15.9. The molecule has 0 radical (unpaired) electrons. The normalized spacial score (nSPS) is 21.1. The summed E-state index contributed by atoms with van der Waals surface area (Å²) < 4.78 is 0. The quantitative estimate of drug-likeness (QED) is 0.933. The van der Waals surface area contributed by atoms with Gasteiger partial charge in [0, 0.05) is 16.6 Å². The minimum absolute atomic E-state index is 0.0659. The van der Waals surface area contributed by atoms with Gasteiger partial charge in [0.1, 0.15) is 6.54 Å². The number of nitrogens with zero attached hydrogens (tertiary/aromatic N) is 4. The second-order valence-corrected chi connectivity index (χ2v) is 6.52. The Morgan fingerprint density at radius 2 is 2.04 bits per heavy atom. The number of tetrazole rings is 1. The van der Waals surface area contributed by atoms with Crippen LogP contribution >= 0.6 is 11.6 Å². The van der Waals surface area contributed by atoms with Gasteiger partial charge in [-0.1, -0.05) is 31.4 Å². The van der Waals surface area contributed by atoms with Crippen LogP contribution in [0.5, 0.6) is 0 Å². The highest BCUT2D eigenvalue weighted by molar-refractivity contribution is 6.30. The third kappa shape index (κ3) is 4.07. The van der Waals surface area contributed by atoms with E-state index in [9.17, 15) is 4.79 Å². The van der Waals surface area contributed by atoms with Gasteiger partial charge in [-0.15, -0.1) is 10.2 Å². The molecule has 1 amide bonds. The molecule has 1 heterocycles. The second kappa shape index (κ2) is 7.08. The van der Waals surface area contributed by atoms with Crippen molar-refractivity contribution in [2.45, 2.75) is 45.2 Å². The summed E-state index contributed by atoms with van der Waals surface area (Å²) in [5.74, 6) is 0.949. The first-order valence-corrected chi connectivity index (χ1v) is 8.33. The van der Waals surface area contributed by atoms with Gasteiger partial charge in [0.05, 0.1) is 0 Å². The average Bonchev–Trinajstić information content (AvgIpc) is 2.98. The molecule has 122 valence electrons. The fourth-order valence-electron chi connectivity index (χ4n) is 2.94. The number of aromatic nitrogens is 4. The molecule has 1 fully saturated rings. The molecule has 1 saturated carbocycles. The Bertz CT molecular complexity index is 669. The molecule has 1 aliphatic carbocycles. The van der Waals surface area contributed by atoms with Crippen molar-refractivity contribution in [1.82, 2.24) is 25.5 Å². The molecule has 6 nitrogen and oxygen atoms in total.